The third-order valence-corrected chi connectivity index (χ3v) is 4.25. The van der Waals surface area contributed by atoms with Crippen LogP contribution in [-0.2, 0) is 9.59 Å². The summed E-state index contributed by atoms with van der Waals surface area (Å²) in [6, 6.07) is 13.3. The number of nitrogens with one attached hydrogen (secondary N) is 1. The van der Waals surface area contributed by atoms with Crippen molar-refractivity contribution in [3.8, 4) is 0 Å². The number of anilines is 2. The highest BCUT2D eigenvalue weighted by Gasteiger charge is 2.35. The molecule has 1 N–H and O–H groups in total. The lowest BCUT2D eigenvalue weighted by molar-refractivity contribution is -0.384. The Balaban J connectivity index is 1.74. The average Bonchev–Trinajstić information content (AvgIpc) is 2.99. The Morgan fingerprint density at radius 2 is 2.00 bits per heavy atom. The van der Waals surface area contributed by atoms with Crippen LogP contribution in [0.5, 0.6) is 0 Å². The predicted octanol–water partition coefficient (Wildman–Crippen LogP) is 2.89. The van der Waals surface area contributed by atoms with Crippen LogP contribution in [0.4, 0.5) is 17.1 Å². The summed E-state index contributed by atoms with van der Waals surface area (Å²) >= 11 is 0. The van der Waals surface area contributed by atoms with Crippen LogP contribution in [0.2, 0.25) is 0 Å². The molecule has 1 fully saturated rings. The minimum atomic E-state index is -0.508. The van der Waals surface area contributed by atoms with Gasteiger partial charge >= 0.3 is 0 Å². The van der Waals surface area contributed by atoms with Gasteiger partial charge in [-0.25, -0.2) is 0 Å². The molecule has 0 spiro atoms. The van der Waals surface area contributed by atoms with Crippen molar-refractivity contribution in [3.05, 3.63) is 64.2 Å². The van der Waals surface area contributed by atoms with Gasteiger partial charge in [0.25, 0.3) is 5.69 Å². The van der Waals surface area contributed by atoms with Crippen molar-refractivity contribution in [1.29, 1.82) is 0 Å². The highest BCUT2D eigenvalue weighted by Crippen LogP contribution is 2.28. The van der Waals surface area contributed by atoms with E-state index >= 15 is 0 Å². The summed E-state index contributed by atoms with van der Waals surface area (Å²) in [6.07, 6.45) is 0.0837. The second-order valence-electron chi connectivity index (χ2n) is 5.99. The number of nitro benzene ring substituents is 1. The zero-order chi connectivity index (χ0) is 18.0. The molecule has 7 nitrogen and oxygen atoms in total. The minimum absolute atomic E-state index is 0.0837. The molecular weight excluding hydrogens is 322 g/mol. The normalized spacial score (nSPS) is 16.8. The number of amides is 2. The fourth-order valence-corrected chi connectivity index (χ4v) is 2.86. The number of para-hydroxylation sites is 1. The number of hydrogen-bond acceptors (Lipinski definition) is 4. The van der Waals surface area contributed by atoms with Crippen LogP contribution in [0.15, 0.2) is 48.5 Å². The van der Waals surface area contributed by atoms with E-state index in [9.17, 15) is 19.7 Å². The number of non-ortho nitro benzene ring substituents is 1. The molecule has 2 aromatic carbocycles. The molecule has 1 heterocycles. The Morgan fingerprint density at radius 1 is 1.24 bits per heavy atom. The van der Waals surface area contributed by atoms with Gasteiger partial charge in [-0.15, -0.1) is 0 Å². The molecule has 128 valence electrons. The number of nitro groups is 1. The summed E-state index contributed by atoms with van der Waals surface area (Å²) in [7, 11) is 0. The topological polar surface area (TPSA) is 92.6 Å². The van der Waals surface area contributed by atoms with Crippen molar-refractivity contribution >= 4 is 28.9 Å². The summed E-state index contributed by atoms with van der Waals surface area (Å²) in [5.41, 5.74) is 2.01. The number of benzene rings is 2. The summed E-state index contributed by atoms with van der Waals surface area (Å²) in [6.45, 7) is 2.10. The summed E-state index contributed by atoms with van der Waals surface area (Å²) in [5.74, 6) is -0.938. The highest BCUT2D eigenvalue weighted by atomic mass is 16.6. The lowest BCUT2D eigenvalue weighted by Gasteiger charge is -2.16. The fourth-order valence-electron chi connectivity index (χ4n) is 2.86. The van der Waals surface area contributed by atoms with Gasteiger partial charge in [0.15, 0.2) is 0 Å². The zero-order valence-corrected chi connectivity index (χ0v) is 13.6. The molecule has 25 heavy (non-hydrogen) atoms. The second-order valence-corrected chi connectivity index (χ2v) is 5.99. The average molecular weight is 339 g/mol. The van der Waals surface area contributed by atoms with Crippen molar-refractivity contribution < 1.29 is 14.5 Å². The number of hydrogen-bond donors (Lipinski definition) is 1. The number of carbonyl (C=O) groups is 2. The van der Waals surface area contributed by atoms with Crippen LogP contribution in [0.3, 0.4) is 0 Å². The standard InChI is InChI=1S/C18H17N3O4/c1-12-5-2-3-8-16(12)19-18(23)13-9-17(22)20(11-13)14-6-4-7-15(10-14)21(24)25/h2-8,10,13H,9,11H2,1H3,(H,19,23)/t13-/m0/s1. The van der Waals surface area contributed by atoms with Crippen LogP contribution < -0.4 is 10.2 Å². The Hall–Kier alpha value is -3.22. The lowest BCUT2D eigenvalue weighted by atomic mass is 10.1. The largest absolute Gasteiger partial charge is 0.326 e. The molecule has 7 heteroatoms. The first-order valence-electron chi connectivity index (χ1n) is 7.87. The van der Waals surface area contributed by atoms with Gasteiger partial charge in [0.05, 0.1) is 16.5 Å². The molecule has 0 unspecified atom stereocenters. The van der Waals surface area contributed by atoms with Gasteiger partial charge in [0.2, 0.25) is 11.8 Å². The van der Waals surface area contributed by atoms with E-state index in [1.54, 1.807) is 6.07 Å². The first-order chi connectivity index (χ1) is 12.0. The summed E-state index contributed by atoms with van der Waals surface area (Å²) in [5, 5.41) is 13.7. The number of carbonyl (C=O) groups excluding carboxylic acids is 2. The molecule has 2 aromatic rings. The second kappa shape index (κ2) is 6.72. The van der Waals surface area contributed by atoms with Gasteiger partial charge in [0, 0.05) is 30.8 Å². The van der Waals surface area contributed by atoms with Crippen molar-refractivity contribution in [3.63, 3.8) is 0 Å². The molecular formula is C18H17N3O4. The molecule has 0 radical (unpaired) electrons. The van der Waals surface area contributed by atoms with E-state index in [0.717, 1.165) is 5.56 Å². The first-order valence-corrected chi connectivity index (χ1v) is 7.87. The van der Waals surface area contributed by atoms with Gasteiger partial charge in [-0.1, -0.05) is 24.3 Å². The maximum absolute atomic E-state index is 12.5. The lowest BCUT2D eigenvalue weighted by Crippen LogP contribution is -2.28. The van der Waals surface area contributed by atoms with Crippen LogP contribution in [0, 0.1) is 23.0 Å². The molecule has 0 saturated carbocycles. The van der Waals surface area contributed by atoms with Crippen LogP contribution in [0.25, 0.3) is 0 Å². The van der Waals surface area contributed by atoms with Crippen molar-refractivity contribution in [1.82, 2.24) is 0 Å². The van der Waals surface area contributed by atoms with E-state index in [1.165, 1.54) is 23.1 Å². The van der Waals surface area contributed by atoms with E-state index in [0.29, 0.717) is 11.4 Å². The molecule has 1 saturated heterocycles. The van der Waals surface area contributed by atoms with Gasteiger partial charge in [-0.3, -0.25) is 19.7 Å². The van der Waals surface area contributed by atoms with E-state index in [1.807, 2.05) is 31.2 Å². The highest BCUT2D eigenvalue weighted by molar-refractivity contribution is 6.03. The first kappa shape index (κ1) is 16.6. The third-order valence-electron chi connectivity index (χ3n) is 4.25. The Morgan fingerprint density at radius 3 is 2.72 bits per heavy atom. The van der Waals surface area contributed by atoms with E-state index < -0.39 is 10.8 Å². The summed E-state index contributed by atoms with van der Waals surface area (Å²) < 4.78 is 0. The van der Waals surface area contributed by atoms with Gasteiger partial charge in [-0.2, -0.15) is 0 Å². The molecule has 1 aliphatic rings. The van der Waals surface area contributed by atoms with Crippen molar-refractivity contribution in [2.45, 2.75) is 13.3 Å². The summed E-state index contributed by atoms with van der Waals surface area (Å²) in [4.78, 5) is 36.5. The molecule has 1 aliphatic heterocycles. The molecule has 0 aromatic heterocycles. The molecule has 2 amide bonds. The van der Waals surface area contributed by atoms with Crippen LogP contribution in [-0.4, -0.2) is 23.3 Å². The fraction of sp³-hybridized carbons (Fsp3) is 0.222. The SMILES string of the molecule is Cc1ccccc1NC(=O)[C@H]1CC(=O)N(c2cccc([N+](=O)[O-])c2)C1. The van der Waals surface area contributed by atoms with Gasteiger partial charge < -0.3 is 10.2 Å². The third kappa shape index (κ3) is 3.50. The van der Waals surface area contributed by atoms with E-state index in [-0.39, 0.29) is 30.5 Å². The van der Waals surface area contributed by atoms with Gasteiger partial charge in [-0.05, 0) is 24.6 Å². The number of nitrogens with zero attached hydrogens (tertiary/aromatic N) is 2. The number of aryl methyl sites for hydroxylation is 1. The Kier molecular flexibility index (Phi) is 4.47. The quantitative estimate of drug-likeness (QED) is 0.685. The minimum Gasteiger partial charge on any atom is -0.326 e. The Labute approximate surface area is 144 Å². The Bertz CT molecular complexity index is 850. The monoisotopic (exact) mass is 339 g/mol. The number of rotatable bonds is 4. The maximum Gasteiger partial charge on any atom is 0.271 e. The van der Waals surface area contributed by atoms with Crippen molar-refractivity contribution in [2.75, 3.05) is 16.8 Å². The van der Waals surface area contributed by atoms with Crippen LogP contribution >= 0.6 is 0 Å². The van der Waals surface area contributed by atoms with E-state index in [4.69, 9.17) is 0 Å². The molecule has 0 aliphatic carbocycles. The molecule has 3 rings (SSSR count). The molecule has 0 bridgehead atoms. The van der Waals surface area contributed by atoms with Gasteiger partial charge in [0.1, 0.15) is 0 Å². The van der Waals surface area contributed by atoms with E-state index in [2.05, 4.69) is 5.32 Å². The predicted molar refractivity (Wildman–Crippen MR) is 93.4 cm³/mol. The zero-order valence-electron chi connectivity index (χ0n) is 13.6. The maximum atomic E-state index is 12.5. The smallest absolute Gasteiger partial charge is 0.271 e. The van der Waals surface area contributed by atoms with Crippen molar-refractivity contribution in [2.24, 2.45) is 5.92 Å². The molecule has 1 atom stereocenters. The van der Waals surface area contributed by atoms with Crippen LogP contribution in [0.1, 0.15) is 12.0 Å².